The molecule has 7 heteroatoms. The summed E-state index contributed by atoms with van der Waals surface area (Å²) < 4.78 is 0. The van der Waals surface area contributed by atoms with Crippen LogP contribution in [0.4, 0.5) is 11.4 Å². The van der Waals surface area contributed by atoms with Crippen molar-refractivity contribution < 1.29 is 9.72 Å². The largest absolute Gasteiger partial charge is 0.321 e. The number of amides is 1. The molecule has 0 aliphatic heterocycles. The highest BCUT2D eigenvalue weighted by molar-refractivity contribution is 7.08. The van der Waals surface area contributed by atoms with Gasteiger partial charge in [-0.3, -0.25) is 14.9 Å². The third kappa shape index (κ3) is 2.66. The van der Waals surface area contributed by atoms with Crippen LogP contribution in [-0.4, -0.2) is 10.8 Å². The fourth-order valence-corrected chi connectivity index (χ4v) is 2.18. The summed E-state index contributed by atoms with van der Waals surface area (Å²) in [7, 11) is 0. The molecule has 18 heavy (non-hydrogen) atoms. The number of non-ortho nitro benzene ring substituents is 1. The summed E-state index contributed by atoms with van der Waals surface area (Å²) in [5.74, 6) is -0.395. The normalized spacial score (nSPS) is 10.1. The van der Waals surface area contributed by atoms with Gasteiger partial charge in [-0.25, -0.2) is 0 Å². The number of nitrogens with one attached hydrogen (secondary N) is 1. The van der Waals surface area contributed by atoms with Gasteiger partial charge in [0, 0.05) is 17.5 Å². The standard InChI is InChI=1S/C11H7ClN2O3S/c12-10-5-8(14(16)17)1-2-9(10)11(15)13-7-3-4-18-6-7/h1-6H,(H,13,15). The quantitative estimate of drug-likeness (QED) is 0.691. The van der Waals surface area contributed by atoms with Crippen LogP contribution in [0.3, 0.4) is 0 Å². The minimum absolute atomic E-state index is 0.0527. The second-order valence-electron chi connectivity index (χ2n) is 3.39. The molecule has 1 heterocycles. The maximum absolute atomic E-state index is 11.9. The van der Waals surface area contributed by atoms with Gasteiger partial charge in [0.15, 0.2) is 0 Å². The first-order chi connectivity index (χ1) is 8.58. The van der Waals surface area contributed by atoms with Crippen LogP contribution in [0.15, 0.2) is 35.0 Å². The van der Waals surface area contributed by atoms with E-state index in [4.69, 9.17) is 11.6 Å². The molecule has 1 aromatic carbocycles. The summed E-state index contributed by atoms with van der Waals surface area (Å²) >= 11 is 7.30. The molecule has 0 saturated heterocycles. The summed E-state index contributed by atoms with van der Waals surface area (Å²) in [6, 6.07) is 5.49. The van der Waals surface area contributed by atoms with Crippen molar-refractivity contribution in [3.63, 3.8) is 0 Å². The van der Waals surface area contributed by atoms with Gasteiger partial charge in [0.1, 0.15) is 0 Å². The average Bonchev–Trinajstić information content (AvgIpc) is 2.81. The number of carbonyl (C=O) groups is 1. The van der Waals surface area contributed by atoms with Gasteiger partial charge in [-0.1, -0.05) is 11.6 Å². The number of nitro groups is 1. The molecule has 0 radical (unpaired) electrons. The predicted octanol–water partition coefficient (Wildman–Crippen LogP) is 3.56. The van der Waals surface area contributed by atoms with Crippen molar-refractivity contribution in [2.45, 2.75) is 0 Å². The van der Waals surface area contributed by atoms with Gasteiger partial charge in [-0.05, 0) is 17.5 Å². The molecule has 0 unspecified atom stereocenters. The fourth-order valence-electron chi connectivity index (χ4n) is 1.34. The second-order valence-corrected chi connectivity index (χ2v) is 4.57. The molecular formula is C11H7ClN2O3S. The Labute approximate surface area is 111 Å². The second kappa shape index (κ2) is 5.16. The van der Waals surface area contributed by atoms with Crippen molar-refractivity contribution in [3.05, 3.63) is 55.7 Å². The van der Waals surface area contributed by atoms with Crippen molar-refractivity contribution in [2.75, 3.05) is 5.32 Å². The molecule has 1 amide bonds. The van der Waals surface area contributed by atoms with E-state index in [0.29, 0.717) is 5.69 Å². The van der Waals surface area contributed by atoms with Crippen LogP contribution in [-0.2, 0) is 0 Å². The summed E-state index contributed by atoms with van der Waals surface area (Å²) in [6.45, 7) is 0. The van der Waals surface area contributed by atoms with E-state index < -0.39 is 10.8 Å². The number of halogens is 1. The number of anilines is 1. The van der Waals surface area contributed by atoms with Gasteiger partial charge in [0.05, 0.1) is 21.2 Å². The van der Waals surface area contributed by atoms with E-state index in [-0.39, 0.29) is 16.3 Å². The molecule has 2 rings (SSSR count). The van der Waals surface area contributed by atoms with E-state index in [2.05, 4.69) is 5.32 Å². The molecule has 0 fully saturated rings. The molecule has 92 valence electrons. The van der Waals surface area contributed by atoms with Crippen molar-refractivity contribution in [3.8, 4) is 0 Å². The first kappa shape index (κ1) is 12.5. The molecule has 0 atom stereocenters. The molecule has 2 aromatic rings. The first-order valence-corrected chi connectivity index (χ1v) is 6.17. The average molecular weight is 283 g/mol. The highest BCUT2D eigenvalue weighted by Crippen LogP contribution is 2.23. The zero-order valence-electron chi connectivity index (χ0n) is 8.92. The molecule has 1 N–H and O–H groups in total. The van der Waals surface area contributed by atoms with E-state index in [1.165, 1.54) is 23.5 Å². The predicted molar refractivity (Wildman–Crippen MR) is 70.4 cm³/mol. The van der Waals surface area contributed by atoms with Crippen LogP contribution in [0.1, 0.15) is 10.4 Å². The summed E-state index contributed by atoms with van der Waals surface area (Å²) in [6.07, 6.45) is 0. The Morgan fingerprint density at radius 2 is 2.17 bits per heavy atom. The SMILES string of the molecule is O=C(Nc1ccsc1)c1ccc([N+](=O)[O-])cc1Cl. The lowest BCUT2D eigenvalue weighted by Crippen LogP contribution is -2.11. The maximum Gasteiger partial charge on any atom is 0.270 e. The van der Waals surface area contributed by atoms with Gasteiger partial charge in [-0.2, -0.15) is 11.3 Å². The Morgan fingerprint density at radius 3 is 2.72 bits per heavy atom. The lowest BCUT2D eigenvalue weighted by molar-refractivity contribution is -0.384. The number of nitrogens with zero attached hydrogens (tertiary/aromatic N) is 1. The van der Waals surface area contributed by atoms with Crippen molar-refractivity contribution in [1.29, 1.82) is 0 Å². The zero-order chi connectivity index (χ0) is 13.1. The molecule has 0 spiro atoms. The van der Waals surface area contributed by atoms with E-state index >= 15 is 0 Å². The van der Waals surface area contributed by atoms with Gasteiger partial charge in [0.2, 0.25) is 0 Å². The van der Waals surface area contributed by atoms with Crippen molar-refractivity contribution in [1.82, 2.24) is 0 Å². The Bertz CT molecular complexity index is 598. The fraction of sp³-hybridized carbons (Fsp3) is 0. The van der Waals surface area contributed by atoms with Crippen LogP contribution in [0.5, 0.6) is 0 Å². The smallest absolute Gasteiger partial charge is 0.270 e. The highest BCUT2D eigenvalue weighted by Gasteiger charge is 2.15. The Hall–Kier alpha value is -1.92. The van der Waals surface area contributed by atoms with Gasteiger partial charge < -0.3 is 5.32 Å². The van der Waals surface area contributed by atoms with E-state index in [9.17, 15) is 14.9 Å². The molecule has 5 nitrogen and oxygen atoms in total. The van der Waals surface area contributed by atoms with Gasteiger partial charge in [0.25, 0.3) is 11.6 Å². The van der Waals surface area contributed by atoms with Gasteiger partial charge >= 0.3 is 0 Å². The Balaban J connectivity index is 2.23. The monoisotopic (exact) mass is 282 g/mol. The number of benzene rings is 1. The number of hydrogen-bond acceptors (Lipinski definition) is 4. The third-order valence-electron chi connectivity index (χ3n) is 2.19. The zero-order valence-corrected chi connectivity index (χ0v) is 10.5. The molecule has 0 saturated carbocycles. The number of thiophene rings is 1. The van der Waals surface area contributed by atoms with Crippen LogP contribution >= 0.6 is 22.9 Å². The van der Waals surface area contributed by atoms with E-state index in [1.807, 2.05) is 5.38 Å². The number of hydrogen-bond donors (Lipinski definition) is 1. The van der Waals surface area contributed by atoms with Crippen molar-refractivity contribution in [2.24, 2.45) is 0 Å². The Morgan fingerprint density at radius 1 is 1.39 bits per heavy atom. The number of carbonyl (C=O) groups excluding carboxylic acids is 1. The summed E-state index contributed by atoms with van der Waals surface area (Å²) in [5, 5.41) is 16.8. The maximum atomic E-state index is 11.9. The molecule has 0 aliphatic carbocycles. The third-order valence-corrected chi connectivity index (χ3v) is 3.18. The molecular weight excluding hydrogens is 276 g/mol. The van der Waals surface area contributed by atoms with Crippen LogP contribution in [0, 0.1) is 10.1 Å². The summed E-state index contributed by atoms with van der Waals surface area (Å²) in [5.41, 5.74) is 0.722. The van der Waals surface area contributed by atoms with E-state index in [1.54, 1.807) is 11.4 Å². The van der Waals surface area contributed by atoms with Crippen LogP contribution in [0.25, 0.3) is 0 Å². The molecule has 1 aromatic heterocycles. The molecule has 0 aliphatic rings. The van der Waals surface area contributed by atoms with Gasteiger partial charge in [-0.15, -0.1) is 0 Å². The number of nitro benzene ring substituents is 1. The Kier molecular flexibility index (Phi) is 3.59. The van der Waals surface area contributed by atoms with Crippen molar-refractivity contribution >= 4 is 40.2 Å². The van der Waals surface area contributed by atoms with E-state index in [0.717, 1.165) is 6.07 Å². The lowest BCUT2D eigenvalue weighted by atomic mass is 10.2. The molecule has 0 bridgehead atoms. The minimum Gasteiger partial charge on any atom is -0.321 e. The first-order valence-electron chi connectivity index (χ1n) is 4.85. The summed E-state index contributed by atoms with van der Waals surface area (Å²) in [4.78, 5) is 21.8. The highest BCUT2D eigenvalue weighted by atomic mass is 35.5. The minimum atomic E-state index is -0.563. The number of rotatable bonds is 3. The lowest BCUT2D eigenvalue weighted by Gasteiger charge is -2.04. The van der Waals surface area contributed by atoms with Crippen LogP contribution in [0.2, 0.25) is 5.02 Å². The van der Waals surface area contributed by atoms with Crippen LogP contribution < -0.4 is 5.32 Å². The topological polar surface area (TPSA) is 72.2 Å².